The molecule has 2 amide bonds. The SMILES string of the molecule is Cc1cccc(C)c1-c1cc2nc(n1)NS(=O)(=O)c1cccc(c1)C(=O)NC1(CCN(C(=O)C3C(C)c4ccccc4N3C)CC1)O2. The largest absolute Gasteiger partial charge is 0.451 e. The Kier molecular flexibility index (Phi) is 7.42. The maximum atomic E-state index is 14.0. The molecule has 2 N–H and O–H groups in total. The maximum absolute atomic E-state index is 14.0. The van der Waals surface area contributed by atoms with E-state index in [1.807, 2.05) is 67.1 Å². The van der Waals surface area contributed by atoms with E-state index in [0.717, 1.165) is 27.9 Å². The molecular formula is C35H36N6O5S. The number of anilines is 2. The number of likely N-dealkylation sites (tertiary alicyclic amines) is 1. The topological polar surface area (TPSA) is 134 Å². The van der Waals surface area contributed by atoms with Crippen LogP contribution in [0.5, 0.6) is 5.88 Å². The Labute approximate surface area is 274 Å². The fourth-order valence-corrected chi connectivity index (χ4v) is 8.08. The molecule has 47 heavy (non-hydrogen) atoms. The molecule has 0 radical (unpaired) electrons. The number of amides is 2. The lowest BCUT2D eigenvalue weighted by Gasteiger charge is -2.43. The number of rotatable bonds is 2. The third kappa shape index (κ3) is 5.46. The Morgan fingerprint density at radius 3 is 2.38 bits per heavy atom. The number of aromatic nitrogens is 2. The van der Waals surface area contributed by atoms with Gasteiger partial charge in [-0.1, -0.05) is 49.4 Å². The van der Waals surface area contributed by atoms with Crippen molar-refractivity contribution >= 4 is 33.5 Å². The smallest absolute Gasteiger partial charge is 0.264 e. The molecule has 7 rings (SSSR count). The van der Waals surface area contributed by atoms with E-state index in [4.69, 9.17) is 4.74 Å². The van der Waals surface area contributed by atoms with Gasteiger partial charge < -0.3 is 19.9 Å². The number of ether oxygens (including phenoxy) is 1. The van der Waals surface area contributed by atoms with Crippen LogP contribution in [0.15, 0.2) is 77.7 Å². The van der Waals surface area contributed by atoms with Crippen molar-refractivity contribution in [3.05, 3.63) is 95.1 Å². The molecular weight excluding hydrogens is 616 g/mol. The highest BCUT2D eigenvalue weighted by molar-refractivity contribution is 7.92. The highest BCUT2D eigenvalue weighted by Crippen LogP contribution is 2.41. The molecule has 242 valence electrons. The van der Waals surface area contributed by atoms with Gasteiger partial charge in [-0.2, -0.15) is 4.98 Å². The molecule has 1 aromatic heterocycles. The van der Waals surface area contributed by atoms with Crippen LogP contribution in [0.4, 0.5) is 11.6 Å². The van der Waals surface area contributed by atoms with E-state index in [2.05, 4.69) is 33.0 Å². The van der Waals surface area contributed by atoms with Gasteiger partial charge in [-0.05, 0) is 54.8 Å². The highest BCUT2D eigenvalue weighted by Gasteiger charge is 2.45. The summed E-state index contributed by atoms with van der Waals surface area (Å²) < 4.78 is 35.9. The Morgan fingerprint density at radius 1 is 0.957 bits per heavy atom. The first kappa shape index (κ1) is 30.7. The van der Waals surface area contributed by atoms with Crippen molar-refractivity contribution in [1.82, 2.24) is 20.2 Å². The van der Waals surface area contributed by atoms with Crippen LogP contribution in [0.2, 0.25) is 0 Å². The number of carbonyl (C=O) groups excluding carboxylic acids is 2. The molecule has 4 heterocycles. The molecule has 4 aromatic rings. The molecule has 0 saturated carbocycles. The molecule has 2 atom stereocenters. The van der Waals surface area contributed by atoms with Crippen LogP contribution in [0, 0.1) is 13.8 Å². The fraction of sp³-hybridized carbons (Fsp3) is 0.314. The number of carbonyl (C=O) groups is 2. The van der Waals surface area contributed by atoms with Crippen LogP contribution >= 0.6 is 0 Å². The lowest BCUT2D eigenvalue weighted by molar-refractivity contribution is -0.137. The summed E-state index contributed by atoms with van der Waals surface area (Å²) in [6.07, 6.45) is 0.567. The summed E-state index contributed by atoms with van der Waals surface area (Å²) in [4.78, 5) is 40.5. The van der Waals surface area contributed by atoms with Gasteiger partial charge in [-0.25, -0.2) is 18.1 Å². The maximum Gasteiger partial charge on any atom is 0.264 e. The summed E-state index contributed by atoms with van der Waals surface area (Å²) in [7, 11) is -2.18. The van der Waals surface area contributed by atoms with Crippen molar-refractivity contribution < 1.29 is 22.7 Å². The third-order valence-electron chi connectivity index (χ3n) is 9.55. The van der Waals surface area contributed by atoms with E-state index in [-0.39, 0.29) is 53.0 Å². The molecule has 1 fully saturated rings. The number of benzene rings is 3. The van der Waals surface area contributed by atoms with Crippen molar-refractivity contribution in [1.29, 1.82) is 0 Å². The highest BCUT2D eigenvalue weighted by atomic mass is 32.2. The summed E-state index contributed by atoms with van der Waals surface area (Å²) in [6, 6.07) is 21.1. The molecule has 11 nitrogen and oxygen atoms in total. The number of aryl methyl sites for hydroxylation is 2. The van der Waals surface area contributed by atoms with E-state index in [9.17, 15) is 18.0 Å². The zero-order chi connectivity index (χ0) is 33.1. The fourth-order valence-electron chi connectivity index (χ4n) is 7.09. The number of fused-ring (bicyclic) bond motifs is 5. The van der Waals surface area contributed by atoms with Crippen LogP contribution in [-0.4, -0.2) is 67.0 Å². The monoisotopic (exact) mass is 652 g/mol. The third-order valence-corrected chi connectivity index (χ3v) is 10.9. The van der Waals surface area contributed by atoms with E-state index in [0.29, 0.717) is 18.8 Å². The Balaban J connectivity index is 1.25. The number of likely N-dealkylation sites (N-methyl/N-ethyl adjacent to an activating group) is 1. The minimum absolute atomic E-state index is 0.0225. The zero-order valence-electron chi connectivity index (χ0n) is 26.6. The Hall–Kier alpha value is -4.97. The predicted molar refractivity (Wildman–Crippen MR) is 178 cm³/mol. The number of sulfonamides is 1. The van der Waals surface area contributed by atoms with Crippen LogP contribution in [-0.2, 0) is 14.8 Å². The first-order chi connectivity index (χ1) is 22.4. The van der Waals surface area contributed by atoms with Gasteiger partial charge in [0.1, 0.15) is 6.04 Å². The Morgan fingerprint density at radius 2 is 1.66 bits per heavy atom. The molecule has 12 heteroatoms. The van der Waals surface area contributed by atoms with Crippen LogP contribution in [0.1, 0.15) is 52.7 Å². The number of hydrogen-bond acceptors (Lipinski definition) is 8. The van der Waals surface area contributed by atoms with Crippen molar-refractivity contribution in [2.24, 2.45) is 0 Å². The number of piperidine rings is 1. The summed E-state index contributed by atoms with van der Waals surface area (Å²) in [5.41, 5.74) is 4.31. The second-order valence-electron chi connectivity index (χ2n) is 12.6. The van der Waals surface area contributed by atoms with Gasteiger partial charge in [0.15, 0.2) is 5.72 Å². The van der Waals surface area contributed by atoms with E-state index < -0.39 is 21.7 Å². The minimum Gasteiger partial charge on any atom is -0.451 e. The van der Waals surface area contributed by atoms with E-state index in [1.165, 1.54) is 18.2 Å². The minimum atomic E-state index is -4.14. The summed E-state index contributed by atoms with van der Waals surface area (Å²) in [5, 5.41) is 3.05. The van der Waals surface area contributed by atoms with Crippen molar-refractivity contribution in [2.75, 3.05) is 29.8 Å². The van der Waals surface area contributed by atoms with Crippen molar-refractivity contribution in [3.63, 3.8) is 0 Å². The van der Waals surface area contributed by atoms with Gasteiger partial charge in [0, 0.05) is 61.8 Å². The normalized spacial score (nSPS) is 21.1. The number of nitrogens with zero attached hydrogens (tertiary/aromatic N) is 4. The van der Waals surface area contributed by atoms with Gasteiger partial charge >= 0.3 is 0 Å². The number of hydrogen-bond donors (Lipinski definition) is 2. The number of nitrogens with one attached hydrogen (secondary N) is 2. The summed E-state index contributed by atoms with van der Waals surface area (Å²) >= 11 is 0. The summed E-state index contributed by atoms with van der Waals surface area (Å²) in [6.45, 7) is 6.65. The molecule has 3 aliphatic rings. The molecule has 0 aliphatic carbocycles. The lowest BCUT2D eigenvalue weighted by Crippen LogP contribution is -2.61. The van der Waals surface area contributed by atoms with Gasteiger partial charge in [-0.3, -0.25) is 9.59 Å². The number of para-hydroxylation sites is 1. The quantitative estimate of drug-likeness (QED) is 0.321. The van der Waals surface area contributed by atoms with Crippen molar-refractivity contribution in [2.45, 2.75) is 56.2 Å². The van der Waals surface area contributed by atoms with E-state index in [1.54, 1.807) is 12.1 Å². The van der Waals surface area contributed by atoms with Gasteiger partial charge in [-0.15, -0.1) is 0 Å². The standard InChI is InChI=1S/C35H36N6O5S/c1-21-9-7-10-22(2)30(21)27-20-29-37-34(36-27)39-47(44,45)25-12-8-11-24(19-25)32(42)38-35(46-29)15-17-41(18-16-35)33(43)31-23(3)26-13-5-6-14-28(26)40(31)4/h5-14,19-20,23,31H,15-18H2,1-4H3,(H,38,42)(H,36,37,39). The average molecular weight is 653 g/mol. The first-order valence-corrected chi connectivity index (χ1v) is 17.1. The average Bonchev–Trinajstić information content (AvgIpc) is 3.29. The second kappa shape index (κ2) is 11.4. The summed E-state index contributed by atoms with van der Waals surface area (Å²) in [5.74, 6) is -0.506. The predicted octanol–water partition coefficient (Wildman–Crippen LogP) is 4.62. The molecule has 3 aliphatic heterocycles. The zero-order valence-corrected chi connectivity index (χ0v) is 27.5. The molecule has 4 bridgehead atoms. The molecule has 3 aromatic carbocycles. The van der Waals surface area contributed by atoms with Crippen LogP contribution in [0.25, 0.3) is 11.3 Å². The van der Waals surface area contributed by atoms with Gasteiger partial charge in [0.05, 0.1) is 10.6 Å². The van der Waals surface area contributed by atoms with Gasteiger partial charge in [0.2, 0.25) is 17.7 Å². The van der Waals surface area contributed by atoms with Crippen LogP contribution in [0.3, 0.4) is 0 Å². The lowest BCUT2D eigenvalue weighted by atomic mass is 9.94. The van der Waals surface area contributed by atoms with Crippen molar-refractivity contribution in [3.8, 4) is 17.1 Å². The van der Waals surface area contributed by atoms with E-state index >= 15 is 0 Å². The second-order valence-corrected chi connectivity index (χ2v) is 14.3. The molecule has 2 unspecified atom stereocenters. The first-order valence-electron chi connectivity index (χ1n) is 15.7. The van der Waals surface area contributed by atoms with Gasteiger partial charge in [0.25, 0.3) is 15.9 Å². The molecule has 1 saturated heterocycles. The molecule has 1 spiro atoms. The van der Waals surface area contributed by atoms with Crippen LogP contribution < -0.4 is 19.7 Å². The Bertz CT molecular complexity index is 1980.